The lowest BCUT2D eigenvalue weighted by Gasteiger charge is -2.26. The Labute approximate surface area is 108 Å². The maximum Gasteiger partial charge on any atom is 0.123 e. The molecule has 102 valence electrons. The summed E-state index contributed by atoms with van der Waals surface area (Å²) in [6.45, 7) is 4.82. The van der Waals surface area contributed by atoms with Crippen molar-refractivity contribution in [2.45, 2.75) is 13.3 Å². The quantitative estimate of drug-likeness (QED) is 0.705. The maximum atomic E-state index is 12.9. The first kappa shape index (κ1) is 14.9. The van der Waals surface area contributed by atoms with E-state index in [-0.39, 0.29) is 12.5 Å². The number of nitrogens with zero attached hydrogens (tertiary/aromatic N) is 2. The van der Waals surface area contributed by atoms with Gasteiger partial charge in [0.05, 0.1) is 0 Å². The number of likely N-dealkylation sites (N-methyl/N-ethyl adjacent to an activating group) is 1. The lowest BCUT2D eigenvalue weighted by atomic mass is 10.2. The lowest BCUT2D eigenvalue weighted by molar-refractivity contribution is 0.299. The molecule has 0 atom stereocenters. The maximum absolute atomic E-state index is 12.9. The highest BCUT2D eigenvalue weighted by molar-refractivity contribution is 5.46. The van der Waals surface area contributed by atoms with Crippen LogP contribution in [0.1, 0.15) is 13.3 Å². The lowest BCUT2D eigenvalue weighted by Crippen LogP contribution is -2.34. The molecule has 0 spiro atoms. The van der Waals surface area contributed by atoms with Gasteiger partial charge in [0, 0.05) is 31.9 Å². The summed E-state index contributed by atoms with van der Waals surface area (Å²) in [5, 5.41) is 0. The fraction of sp³-hybridized carbons (Fsp3) is 0.571. The van der Waals surface area contributed by atoms with Crippen LogP contribution in [-0.2, 0) is 0 Å². The van der Waals surface area contributed by atoms with Gasteiger partial charge in [-0.1, -0.05) is 6.92 Å². The van der Waals surface area contributed by atoms with Crippen LogP contribution < -0.4 is 4.90 Å². The van der Waals surface area contributed by atoms with Crippen molar-refractivity contribution in [2.75, 3.05) is 44.8 Å². The number of anilines is 1. The Morgan fingerprint density at radius 2 is 1.67 bits per heavy atom. The van der Waals surface area contributed by atoms with Crippen LogP contribution in [0.3, 0.4) is 0 Å². The zero-order chi connectivity index (χ0) is 13.4. The fourth-order valence-electron chi connectivity index (χ4n) is 1.84. The molecular weight excluding hydrogens is 234 g/mol. The minimum Gasteiger partial charge on any atom is -0.370 e. The van der Waals surface area contributed by atoms with Crippen LogP contribution in [0.4, 0.5) is 14.5 Å². The third-order valence-corrected chi connectivity index (χ3v) is 2.90. The number of benzene rings is 1. The molecule has 18 heavy (non-hydrogen) atoms. The minimum atomic E-state index is -0.319. The highest BCUT2D eigenvalue weighted by atomic mass is 19.1. The third-order valence-electron chi connectivity index (χ3n) is 2.90. The van der Waals surface area contributed by atoms with E-state index in [1.54, 1.807) is 12.1 Å². The second kappa shape index (κ2) is 8.03. The van der Waals surface area contributed by atoms with Gasteiger partial charge in [-0.25, -0.2) is 8.78 Å². The predicted molar refractivity (Wildman–Crippen MR) is 72.4 cm³/mol. The van der Waals surface area contributed by atoms with Gasteiger partial charge in [0.25, 0.3) is 0 Å². The number of rotatable bonds is 8. The topological polar surface area (TPSA) is 6.48 Å². The first-order chi connectivity index (χ1) is 8.67. The molecular formula is C14H22F2N2. The van der Waals surface area contributed by atoms with Crippen LogP contribution in [0.5, 0.6) is 0 Å². The Hall–Kier alpha value is -1.16. The number of halogens is 2. The standard InChI is InChI=1S/C14H22F2N2/c1-3-9-18(12-11-17(2)10-8-15)14-6-4-13(16)5-7-14/h4-7H,3,8-12H2,1-2H3. The van der Waals surface area contributed by atoms with Gasteiger partial charge in [-0.15, -0.1) is 0 Å². The molecule has 0 aromatic heterocycles. The summed E-state index contributed by atoms with van der Waals surface area (Å²) >= 11 is 0. The molecule has 0 aliphatic carbocycles. The van der Waals surface area contributed by atoms with Gasteiger partial charge in [-0.05, 0) is 37.7 Å². The molecule has 0 aliphatic rings. The van der Waals surface area contributed by atoms with E-state index in [0.717, 1.165) is 31.7 Å². The van der Waals surface area contributed by atoms with Gasteiger partial charge in [-0.2, -0.15) is 0 Å². The van der Waals surface area contributed by atoms with E-state index in [2.05, 4.69) is 11.8 Å². The van der Waals surface area contributed by atoms with E-state index >= 15 is 0 Å². The van der Waals surface area contributed by atoms with Gasteiger partial charge in [-0.3, -0.25) is 0 Å². The van der Waals surface area contributed by atoms with Gasteiger partial charge in [0.1, 0.15) is 12.5 Å². The van der Waals surface area contributed by atoms with Gasteiger partial charge in [0.15, 0.2) is 0 Å². The summed E-state index contributed by atoms with van der Waals surface area (Å²) in [4.78, 5) is 4.17. The summed E-state index contributed by atoms with van der Waals surface area (Å²) in [5.41, 5.74) is 1.02. The molecule has 0 amide bonds. The molecule has 1 aromatic carbocycles. The Morgan fingerprint density at radius 3 is 2.22 bits per heavy atom. The molecule has 0 fully saturated rings. The Bertz CT molecular complexity index is 327. The summed E-state index contributed by atoms with van der Waals surface area (Å²) in [5.74, 6) is -0.218. The highest BCUT2D eigenvalue weighted by Crippen LogP contribution is 2.15. The molecule has 0 radical (unpaired) electrons. The molecule has 0 saturated carbocycles. The van der Waals surface area contributed by atoms with Crippen LogP contribution in [-0.4, -0.2) is 44.8 Å². The average molecular weight is 256 g/mol. The average Bonchev–Trinajstić information content (AvgIpc) is 2.36. The zero-order valence-electron chi connectivity index (χ0n) is 11.2. The Morgan fingerprint density at radius 1 is 1.00 bits per heavy atom. The summed E-state index contributed by atoms with van der Waals surface area (Å²) in [6, 6.07) is 6.53. The van der Waals surface area contributed by atoms with Crippen molar-refractivity contribution in [2.24, 2.45) is 0 Å². The van der Waals surface area contributed by atoms with Crippen LogP contribution in [0.25, 0.3) is 0 Å². The second-order valence-electron chi connectivity index (χ2n) is 4.46. The molecule has 0 heterocycles. The Kier molecular flexibility index (Phi) is 6.65. The first-order valence-corrected chi connectivity index (χ1v) is 6.42. The van der Waals surface area contributed by atoms with Crippen molar-refractivity contribution in [3.8, 4) is 0 Å². The van der Waals surface area contributed by atoms with Crippen molar-refractivity contribution < 1.29 is 8.78 Å². The molecule has 1 aromatic rings. The van der Waals surface area contributed by atoms with Crippen LogP contribution >= 0.6 is 0 Å². The molecule has 2 nitrogen and oxygen atoms in total. The van der Waals surface area contributed by atoms with Crippen molar-refractivity contribution in [1.29, 1.82) is 0 Å². The van der Waals surface area contributed by atoms with Crippen LogP contribution in [0, 0.1) is 5.82 Å². The largest absolute Gasteiger partial charge is 0.370 e. The molecule has 0 N–H and O–H groups in total. The number of hydrogen-bond acceptors (Lipinski definition) is 2. The summed E-state index contributed by atoms with van der Waals surface area (Å²) < 4.78 is 25.1. The summed E-state index contributed by atoms with van der Waals surface area (Å²) in [6.07, 6.45) is 1.03. The van der Waals surface area contributed by atoms with E-state index in [0.29, 0.717) is 6.54 Å². The number of alkyl halides is 1. The van der Waals surface area contributed by atoms with Gasteiger partial charge >= 0.3 is 0 Å². The van der Waals surface area contributed by atoms with Crippen molar-refractivity contribution in [3.05, 3.63) is 30.1 Å². The normalized spacial score (nSPS) is 10.9. The van der Waals surface area contributed by atoms with E-state index in [1.165, 1.54) is 12.1 Å². The molecule has 4 heteroatoms. The first-order valence-electron chi connectivity index (χ1n) is 6.42. The SMILES string of the molecule is CCCN(CCN(C)CCF)c1ccc(F)cc1. The smallest absolute Gasteiger partial charge is 0.123 e. The molecule has 0 bridgehead atoms. The molecule has 1 rings (SSSR count). The zero-order valence-corrected chi connectivity index (χ0v) is 11.2. The van der Waals surface area contributed by atoms with Crippen molar-refractivity contribution in [1.82, 2.24) is 4.90 Å². The molecule has 0 aliphatic heterocycles. The fourth-order valence-corrected chi connectivity index (χ4v) is 1.84. The Balaban J connectivity index is 2.56. The third kappa shape index (κ3) is 5.00. The van der Waals surface area contributed by atoms with Crippen LogP contribution in [0.15, 0.2) is 24.3 Å². The summed E-state index contributed by atoms with van der Waals surface area (Å²) in [7, 11) is 1.91. The predicted octanol–water partition coefficient (Wildman–Crippen LogP) is 2.94. The van der Waals surface area contributed by atoms with E-state index in [9.17, 15) is 8.78 Å². The van der Waals surface area contributed by atoms with Crippen molar-refractivity contribution in [3.63, 3.8) is 0 Å². The highest BCUT2D eigenvalue weighted by Gasteiger charge is 2.07. The van der Waals surface area contributed by atoms with Crippen LogP contribution in [0.2, 0.25) is 0 Å². The molecule has 0 saturated heterocycles. The van der Waals surface area contributed by atoms with E-state index < -0.39 is 0 Å². The van der Waals surface area contributed by atoms with E-state index in [1.807, 2.05) is 11.9 Å². The second-order valence-corrected chi connectivity index (χ2v) is 4.46. The number of hydrogen-bond donors (Lipinski definition) is 0. The molecule has 0 unspecified atom stereocenters. The van der Waals surface area contributed by atoms with E-state index in [4.69, 9.17) is 0 Å². The monoisotopic (exact) mass is 256 g/mol. The van der Waals surface area contributed by atoms with Crippen molar-refractivity contribution >= 4 is 5.69 Å². The van der Waals surface area contributed by atoms with Gasteiger partial charge in [0.2, 0.25) is 0 Å². The van der Waals surface area contributed by atoms with Gasteiger partial charge < -0.3 is 9.80 Å². The minimum absolute atomic E-state index is 0.218.